The highest BCUT2D eigenvalue weighted by molar-refractivity contribution is 5.81. The summed E-state index contributed by atoms with van der Waals surface area (Å²) in [5.74, 6) is 0. The zero-order valence-electron chi connectivity index (χ0n) is 10.7. The molecular formula is C14H22N2. The molecule has 0 saturated carbocycles. The minimum absolute atomic E-state index is 0.0717. The number of benzene rings is 1. The van der Waals surface area contributed by atoms with Crippen molar-refractivity contribution in [1.82, 2.24) is 5.43 Å². The van der Waals surface area contributed by atoms with Gasteiger partial charge in [0.15, 0.2) is 0 Å². The predicted octanol–water partition coefficient (Wildman–Crippen LogP) is 3.69. The zero-order chi connectivity index (χ0) is 12.0. The van der Waals surface area contributed by atoms with Gasteiger partial charge in [-0.1, -0.05) is 44.2 Å². The Hall–Kier alpha value is -1.31. The van der Waals surface area contributed by atoms with Crippen LogP contribution in [-0.4, -0.2) is 5.71 Å². The summed E-state index contributed by atoms with van der Waals surface area (Å²) in [5, 5.41) is 4.43. The van der Waals surface area contributed by atoms with Gasteiger partial charge in [0.25, 0.3) is 0 Å². The van der Waals surface area contributed by atoms with Gasteiger partial charge >= 0.3 is 0 Å². The van der Waals surface area contributed by atoms with E-state index in [1.165, 1.54) is 5.56 Å². The molecule has 0 heterocycles. The largest absolute Gasteiger partial charge is 0.300 e. The van der Waals surface area contributed by atoms with Crippen LogP contribution in [0.5, 0.6) is 0 Å². The fraction of sp³-hybridized carbons (Fsp3) is 0.500. The lowest BCUT2D eigenvalue weighted by atomic mass is 9.90. The van der Waals surface area contributed by atoms with E-state index in [-0.39, 0.29) is 5.54 Å². The summed E-state index contributed by atoms with van der Waals surface area (Å²) in [7, 11) is 0. The molecular weight excluding hydrogens is 196 g/mol. The lowest BCUT2D eigenvalue weighted by Gasteiger charge is -2.28. The van der Waals surface area contributed by atoms with Gasteiger partial charge in [0, 0.05) is 5.71 Å². The van der Waals surface area contributed by atoms with Crippen LogP contribution in [0.1, 0.15) is 46.1 Å². The van der Waals surface area contributed by atoms with E-state index in [4.69, 9.17) is 0 Å². The lowest BCUT2D eigenvalue weighted by Crippen LogP contribution is -2.35. The molecule has 0 amide bonds. The molecule has 1 atom stereocenters. The monoisotopic (exact) mass is 218 g/mol. The van der Waals surface area contributed by atoms with Crippen LogP contribution in [0.4, 0.5) is 0 Å². The van der Waals surface area contributed by atoms with Gasteiger partial charge in [-0.3, -0.25) is 5.43 Å². The van der Waals surface area contributed by atoms with E-state index in [1.807, 2.05) is 13.0 Å². The van der Waals surface area contributed by atoms with Crippen molar-refractivity contribution in [3.63, 3.8) is 0 Å². The summed E-state index contributed by atoms with van der Waals surface area (Å²) >= 11 is 0. The Morgan fingerprint density at radius 2 is 1.88 bits per heavy atom. The molecule has 0 radical (unpaired) electrons. The lowest BCUT2D eigenvalue weighted by molar-refractivity contribution is 0.363. The fourth-order valence-corrected chi connectivity index (χ4v) is 1.45. The summed E-state index contributed by atoms with van der Waals surface area (Å²) in [6.45, 7) is 8.53. The van der Waals surface area contributed by atoms with Crippen molar-refractivity contribution < 1.29 is 0 Å². The minimum atomic E-state index is -0.0717. The molecule has 0 bridgehead atoms. The minimum Gasteiger partial charge on any atom is -0.300 e. The molecule has 88 valence electrons. The van der Waals surface area contributed by atoms with E-state index in [1.54, 1.807) is 0 Å². The second-order valence-corrected chi connectivity index (χ2v) is 4.36. The molecule has 0 aliphatic rings. The summed E-state index contributed by atoms with van der Waals surface area (Å²) in [5.41, 5.74) is 5.65. The van der Waals surface area contributed by atoms with Crippen LogP contribution >= 0.6 is 0 Å². The molecule has 0 aromatic heterocycles. The van der Waals surface area contributed by atoms with Gasteiger partial charge in [-0.15, -0.1) is 0 Å². The topological polar surface area (TPSA) is 24.4 Å². The molecule has 2 nitrogen and oxygen atoms in total. The second-order valence-electron chi connectivity index (χ2n) is 4.36. The second kappa shape index (κ2) is 5.69. The quantitative estimate of drug-likeness (QED) is 0.591. The Balaban J connectivity index is 2.86. The van der Waals surface area contributed by atoms with Gasteiger partial charge in [0.1, 0.15) is 0 Å². The number of rotatable bonds is 5. The third kappa shape index (κ3) is 3.09. The van der Waals surface area contributed by atoms with E-state index in [2.05, 4.69) is 55.6 Å². The first-order chi connectivity index (χ1) is 7.62. The van der Waals surface area contributed by atoms with Crippen LogP contribution < -0.4 is 5.43 Å². The van der Waals surface area contributed by atoms with E-state index in [0.717, 1.165) is 18.6 Å². The summed E-state index contributed by atoms with van der Waals surface area (Å²) in [6, 6.07) is 10.5. The zero-order valence-corrected chi connectivity index (χ0v) is 10.7. The van der Waals surface area contributed by atoms with Gasteiger partial charge in [-0.25, -0.2) is 0 Å². The maximum absolute atomic E-state index is 4.43. The summed E-state index contributed by atoms with van der Waals surface area (Å²) in [4.78, 5) is 0. The number of nitrogens with zero attached hydrogens (tertiary/aromatic N) is 1. The maximum atomic E-state index is 4.43. The highest BCUT2D eigenvalue weighted by Crippen LogP contribution is 2.23. The Morgan fingerprint density at radius 3 is 2.38 bits per heavy atom. The number of nitrogens with one attached hydrogen (secondary N) is 1. The van der Waals surface area contributed by atoms with Crippen LogP contribution in [0.3, 0.4) is 0 Å². The van der Waals surface area contributed by atoms with E-state index >= 15 is 0 Å². The first-order valence-electron chi connectivity index (χ1n) is 5.98. The van der Waals surface area contributed by atoms with Crippen molar-refractivity contribution in [2.75, 3.05) is 0 Å². The predicted molar refractivity (Wildman–Crippen MR) is 70.6 cm³/mol. The van der Waals surface area contributed by atoms with Gasteiger partial charge < -0.3 is 0 Å². The molecule has 1 aromatic rings. The number of hydrazone groups is 1. The smallest absolute Gasteiger partial charge is 0.0766 e. The van der Waals surface area contributed by atoms with Crippen LogP contribution in [0, 0.1) is 0 Å². The van der Waals surface area contributed by atoms with Gasteiger partial charge in [-0.2, -0.15) is 5.10 Å². The summed E-state index contributed by atoms with van der Waals surface area (Å²) < 4.78 is 0. The Labute approximate surface area is 98.8 Å². The molecule has 0 fully saturated rings. The van der Waals surface area contributed by atoms with E-state index in [0.29, 0.717) is 0 Å². The van der Waals surface area contributed by atoms with Crippen LogP contribution in [0.25, 0.3) is 0 Å². The molecule has 1 N–H and O–H groups in total. The molecule has 0 saturated heterocycles. The standard InChI is InChI=1S/C14H22N2/c1-5-12(3)15-16-14(4,6-2)13-10-8-7-9-11-13/h7-11,16H,5-6H2,1-4H3/b15-12-/t14-/m1/s1. The van der Waals surface area contributed by atoms with E-state index in [9.17, 15) is 0 Å². The highest BCUT2D eigenvalue weighted by atomic mass is 15.3. The Kier molecular flexibility index (Phi) is 4.53. The van der Waals surface area contributed by atoms with Gasteiger partial charge in [-0.05, 0) is 32.3 Å². The molecule has 0 unspecified atom stereocenters. The fourth-order valence-electron chi connectivity index (χ4n) is 1.45. The first-order valence-corrected chi connectivity index (χ1v) is 5.98. The van der Waals surface area contributed by atoms with Crippen LogP contribution in [0.15, 0.2) is 35.4 Å². The molecule has 0 aliphatic carbocycles. The molecule has 16 heavy (non-hydrogen) atoms. The number of hydrogen-bond donors (Lipinski definition) is 1. The highest BCUT2D eigenvalue weighted by Gasteiger charge is 2.23. The van der Waals surface area contributed by atoms with E-state index < -0.39 is 0 Å². The van der Waals surface area contributed by atoms with Crippen molar-refractivity contribution >= 4 is 5.71 Å². The van der Waals surface area contributed by atoms with Crippen molar-refractivity contribution in [3.05, 3.63) is 35.9 Å². The third-order valence-electron chi connectivity index (χ3n) is 3.12. The third-order valence-corrected chi connectivity index (χ3v) is 3.12. The SMILES string of the molecule is CC/C(C)=N\N[C@](C)(CC)c1ccccc1. The molecule has 0 aliphatic heterocycles. The molecule has 1 aromatic carbocycles. The molecule has 1 rings (SSSR count). The van der Waals surface area contributed by atoms with Gasteiger partial charge in [0.05, 0.1) is 5.54 Å². The van der Waals surface area contributed by atoms with Crippen LogP contribution in [0.2, 0.25) is 0 Å². The average molecular weight is 218 g/mol. The van der Waals surface area contributed by atoms with Crippen molar-refractivity contribution in [1.29, 1.82) is 0 Å². The normalized spacial score (nSPS) is 15.6. The summed E-state index contributed by atoms with van der Waals surface area (Å²) in [6.07, 6.45) is 2.00. The van der Waals surface area contributed by atoms with Crippen molar-refractivity contribution in [2.24, 2.45) is 5.10 Å². The van der Waals surface area contributed by atoms with Crippen molar-refractivity contribution in [3.8, 4) is 0 Å². The van der Waals surface area contributed by atoms with Crippen molar-refractivity contribution in [2.45, 2.75) is 46.1 Å². The maximum Gasteiger partial charge on any atom is 0.0766 e. The molecule has 0 spiro atoms. The van der Waals surface area contributed by atoms with Crippen LogP contribution in [-0.2, 0) is 5.54 Å². The Morgan fingerprint density at radius 1 is 1.25 bits per heavy atom. The average Bonchev–Trinajstić information content (AvgIpc) is 2.36. The molecule has 2 heteroatoms. The van der Waals surface area contributed by atoms with Gasteiger partial charge in [0.2, 0.25) is 0 Å². The first kappa shape index (κ1) is 12.8. The Bertz CT molecular complexity index is 343. The number of hydrogen-bond acceptors (Lipinski definition) is 2.